The minimum atomic E-state index is -0.142. The molecule has 0 saturated heterocycles. The van der Waals surface area contributed by atoms with Gasteiger partial charge >= 0.3 is 0 Å². The predicted molar refractivity (Wildman–Crippen MR) is 87.0 cm³/mol. The number of carbonyl (C=O) groups excluding carboxylic acids is 2. The van der Waals surface area contributed by atoms with Crippen LogP contribution in [0.4, 0.5) is 0 Å². The standard InChI is InChI=1S/C16H21ClN2O4/c1-10(2)16(21)19-4-3-18-14(20)9-11-7-12(17)15-13(8-11)22-5-6-23-15/h7-8,10H,3-6,9H2,1-2H3,(H,18,20)(H,19,21). The van der Waals surface area contributed by atoms with Crippen molar-refractivity contribution in [2.75, 3.05) is 26.3 Å². The maximum atomic E-state index is 11.9. The molecule has 0 unspecified atom stereocenters. The highest BCUT2D eigenvalue weighted by Gasteiger charge is 2.17. The monoisotopic (exact) mass is 340 g/mol. The zero-order valence-electron chi connectivity index (χ0n) is 13.3. The van der Waals surface area contributed by atoms with E-state index in [1.807, 2.05) is 13.8 Å². The number of amides is 2. The highest BCUT2D eigenvalue weighted by molar-refractivity contribution is 6.32. The lowest BCUT2D eigenvalue weighted by Gasteiger charge is -2.20. The number of halogens is 1. The fraction of sp³-hybridized carbons (Fsp3) is 0.500. The molecule has 2 N–H and O–H groups in total. The zero-order valence-corrected chi connectivity index (χ0v) is 14.0. The number of hydrogen-bond donors (Lipinski definition) is 2. The van der Waals surface area contributed by atoms with Crippen molar-refractivity contribution in [1.29, 1.82) is 0 Å². The van der Waals surface area contributed by atoms with Gasteiger partial charge in [-0.25, -0.2) is 0 Å². The molecule has 1 aliphatic heterocycles. The van der Waals surface area contributed by atoms with E-state index in [2.05, 4.69) is 10.6 Å². The Morgan fingerprint density at radius 3 is 2.61 bits per heavy atom. The Hall–Kier alpha value is -1.95. The Balaban J connectivity index is 1.81. The molecule has 0 bridgehead atoms. The summed E-state index contributed by atoms with van der Waals surface area (Å²) in [7, 11) is 0. The zero-order chi connectivity index (χ0) is 16.8. The largest absolute Gasteiger partial charge is 0.486 e. The highest BCUT2D eigenvalue weighted by Crippen LogP contribution is 2.38. The van der Waals surface area contributed by atoms with Crippen molar-refractivity contribution in [3.63, 3.8) is 0 Å². The van der Waals surface area contributed by atoms with Crippen LogP contribution in [0.25, 0.3) is 0 Å². The summed E-state index contributed by atoms with van der Waals surface area (Å²) in [5, 5.41) is 5.94. The van der Waals surface area contributed by atoms with E-state index in [0.717, 1.165) is 5.56 Å². The molecular weight excluding hydrogens is 320 g/mol. The van der Waals surface area contributed by atoms with E-state index in [1.54, 1.807) is 12.1 Å². The molecule has 2 rings (SSSR count). The number of nitrogens with one attached hydrogen (secondary N) is 2. The molecule has 0 aliphatic carbocycles. The van der Waals surface area contributed by atoms with E-state index in [0.29, 0.717) is 42.8 Å². The third kappa shape index (κ3) is 5.03. The van der Waals surface area contributed by atoms with Gasteiger partial charge in [-0.15, -0.1) is 0 Å². The van der Waals surface area contributed by atoms with Crippen LogP contribution in [0.2, 0.25) is 5.02 Å². The number of benzene rings is 1. The quantitative estimate of drug-likeness (QED) is 0.770. The summed E-state index contributed by atoms with van der Waals surface area (Å²) in [5.74, 6) is 0.856. The van der Waals surface area contributed by atoms with E-state index in [1.165, 1.54) is 0 Å². The van der Waals surface area contributed by atoms with Crippen LogP contribution in [0.15, 0.2) is 12.1 Å². The van der Waals surface area contributed by atoms with Gasteiger partial charge in [0.1, 0.15) is 13.2 Å². The first-order chi connectivity index (χ1) is 11.0. The first-order valence-corrected chi connectivity index (χ1v) is 7.97. The van der Waals surface area contributed by atoms with E-state index in [9.17, 15) is 9.59 Å². The fourth-order valence-corrected chi connectivity index (χ4v) is 2.39. The number of carbonyl (C=O) groups is 2. The van der Waals surface area contributed by atoms with Crippen molar-refractivity contribution in [3.05, 3.63) is 22.7 Å². The summed E-state index contributed by atoms with van der Waals surface area (Å²) in [6, 6.07) is 3.47. The van der Waals surface area contributed by atoms with Crippen LogP contribution in [0.1, 0.15) is 19.4 Å². The Morgan fingerprint density at radius 2 is 1.87 bits per heavy atom. The molecular formula is C16H21ClN2O4. The second-order valence-electron chi connectivity index (χ2n) is 5.57. The van der Waals surface area contributed by atoms with Crippen molar-refractivity contribution < 1.29 is 19.1 Å². The van der Waals surface area contributed by atoms with Crippen molar-refractivity contribution in [2.24, 2.45) is 5.92 Å². The van der Waals surface area contributed by atoms with Gasteiger partial charge in [0, 0.05) is 19.0 Å². The minimum absolute atomic E-state index is 0.0298. The van der Waals surface area contributed by atoms with Gasteiger partial charge in [0.15, 0.2) is 11.5 Å². The van der Waals surface area contributed by atoms with Crippen LogP contribution in [-0.2, 0) is 16.0 Å². The Morgan fingerprint density at radius 1 is 1.17 bits per heavy atom. The molecule has 2 amide bonds. The van der Waals surface area contributed by atoms with Gasteiger partial charge in [-0.05, 0) is 17.7 Å². The molecule has 126 valence electrons. The summed E-state index contributed by atoms with van der Waals surface area (Å²) in [4.78, 5) is 23.3. The second kappa shape index (κ2) is 8.06. The van der Waals surface area contributed by atoms with Crippen LogP contribution in [0, 0.1) is 5.92 Å². The first kappa shape index (κ1) is 17.4. The number of ether oxygens (including phenoxy) is 2. The van der Waals surface area contributed by atoms with Crippen LogP contribution in [0.5, 0.6) is 11.5 Å². The predicted octanol–water partition coefficient (Wildman–Crippen LogP) is 1.54. The third-order valence-electron chi connectivity index (χ3n) is 3.29. The fourth-order valence-electron chi connectivity index (χ4n) is 2.11. The maximum Gasteiger partial charge on any atom is 0.224 e. The van der Waals surface area contributed by atoms with E-state index < -0.39 is 0 Å². The molecule has 0 radical (unpaired) electrons. The summed E-state index contributed by atoms with van der Waals surface area (Å²) in [5.41, 5.74) is 0.753. The molecule has 7 heteroatoms. The van der Waals surface area contributed by atoms with Gasteiger partial charge < -0.3 is 20.1 Å². The average Bonchev–Trinajstić information content (AvgIpc) is 2.51. The highest BCUT2D eigenvalue weighted by atomic mass is 35.5. The molecule has 1 aromatic rings. The molecule has 0 spiro atoms. The van der Waals surface area contributed by atoms with Crippen molar-refractivity contribution >= 4 is 23.4 Å². The Kier molecular flexibility index (Phi) is 6.10. The molecule has 0 fully saturated rings. The van der Waals surface area contributed by atoms with Crippen LogP contribution >= 0.6 is 11.6 Å². The van der Waals surface area contributed by atoms with Gasteiger partial charge in [0.2, 0.25) is 11.8 Å². The van der Waals surface area contributed by atoms with Crippen LogP contribution in [-0.4, -0.2) is 38.1 Å². The minimum Gasteiger partial charge on any atom is -0.486 e. The van der Waals surface area contributed by atoms with E-state index >= 15 is 0 Å². The van der Waals surface area contributed by atoms with Gasteiger partial charge in [0.25, 0.3) is 0 Å². The molecule has 23 heavy (non-hydrogen) atoms. The molecule has 0 aromatic heterocycles. The van der Waals surface area contributed by atoms with Gasteiger partial charge in [-0.3, -0.25) is 9.59 Å². The average molecular weight is 341 g/mol. The first-order valence-electron chi connectivity index (χ1n) is 7.60. The molecule has 6 nitrogen and oxygen atoms in total. The van der Waals surface area contributed by atoms with Crippen molar-refractivity contribution in [3.8, 4) is 11.5 Å². The topological polar surface area (TPSA) is 76.7 Å². The molecule has 1 heterocycles. The lowest BCUT2D eigenvalue weighted by atomic mass is 10.1. The maximum absolute atomic E-state index is 11.9. The summed E-state index contributed by atoms with van der Waals surface area (Å²) in [6.45, 7) is 5.36. The number of hydrogen-bond acceptors (Lipinski definition) is 4. The van der Waals surface area contributed by atoms with Gasteiger partial charge in [0.05, 0.1) is 11.4 Å². The number of fused-ring (bicyclic) bond motifs is 1. The summed E-state index contributed by atoms with van der Waals surface area (Å²) >= 11 is 6.14. The Bertz CT molecular complexity index is 590. The molecule has 1 aliphatic rings. The number of rotatable bonds is 6. The van der Waals surface area contributed by atoms with Gasteiger partial charge in [-0.1, -0.05) is 25.4 Å². The SMILES string of the molecule is CC(C)C(=O)NCCNC(=O)Cc1cc(Cl)c2c(c1)OCCO2. The smallest absolute Gasteiger partial charge is 0.224 e. The normalized spacial score (nSPS) is 12.9. The van der Waals surface area contributed by atoms with Gasteiger partial charge in [-0.2, -0.15) is 0 Å². The van der Waals surface area contributed by atoms with E-state index in [-0.39, 0.29) is 24.2 Å². The van der Waals surface area contributed by atoms with Crippen LogP contribution < -0.4 is 20.1 Å². The molecule has 1 aromatic carbocycles. The third-order valence-corrected chi connectivity index (χ3v) is 3.57. The lowest BCUT2D eigenvalue weighted by molar-refractivity contribution is -0.124. The molecule has 0 atom stereocenters. The molecule has 0 saturated carbocycles. The van der Waals surface area contributed by atoms with Crippen molar-refractivity contribution in [1.82, 2.24) is 10.6 Å². The Labute approximate surface area is 140 Å². The summed E-state index contributed by atoms with van der Waals surface area (Å²) in [6.07, 6.45) is 0.189. The second-order valence-corrected chi connectivity index (χ2v) is 5.98. The summed E-state index contributed by atoms with van der Waals surface area (Å²) < 4.78 is 10.9. The lowest BCUT2D eigenvalue weighted by Crippen LogP contribution is -2.36. The van der Waals surface area contributed by atoms with Crippen molar-refractivity contribution in [2.45, 2.75) is 20.3 Å². The van der Waals surface area contributed by atoms with Crippen LogP contribution in [0.3, 0.4) is 0 Å². The van der Waals surface area contributed by atoms with E-state index in [4.69, 9.17) is 21.1 Å².